The summed E-state index contributed by atoms with van der Waals surface area (Å²) in [5, 5.41) is 3.99. The van der Waals surface area contributed by atoms with Crippen LogP contribution in [0.1, 0.15) is 21.8 Å². The van der Waals surface area contributed by atoms with E-state index in [9.17, 15) is 31.5 Å². The highest BCUT2D eigenvalue weighted by atomic mass is 35.5. The number of benzene rings is 2. The van der Waals surface area contributed by atoms with Crippen LogP contribution in [0.3, 0.4) is 0 Å². The van der Waals surface area contributed by atoms with Gasteiger partial charge in [0.1, 0.15) is 10.9 Å². The molecule has 2 N–H and O–H groups in total. The standard InChI is InChI=1S/C19H12Cl3F5N2O2/c20-11-3-2-9(6-10(11)16(30)28-7-18(25,26)27)29-17(31)15-14(19(15,21)22)8-1-4-12(23)13(24)5-8/h1-6,14-15H,7H2,(H,28,30)(H,29,31)/t14?,15-/m0/s1. The van der Waals surface area contributed by atoms with Gasteiger partial charge in [-0.3, -0.25) is 9.59 Å². The molecule has 1 aliphatic carbocycles. The Hall–Kier alpha value is -2.10. The fourth-order valence-corrected chi connectivity index (χ4v) is 4.08. The van der Waals surface area contributed by atoms with Crippen LogP contribution in [-0.4, -0.2) is 28.9 Å². The van der Waals surface area contributed by atoms with Gasteiger partial charge in [0.05, 0.1) is 16.5 Å². The Bertz CT molecular complexity index is 1050. The van der Waals surface area contributed by atoms with E-state index >= 15 is 0 Å². The van der Waals surface area contributed by atoms with Gasteiger partial charge in [0, 0.05) is 11.6 Å². The number of rotatable bonds is 5. The van der Waals surface area contributed by atoms with E-state index in [0.29, 0.717) is 0 Å². The first-order chi connectivity index (χ1) is 14.3. The van der Waals surface area contributed by atoms with Gasteiger partial charge in [-0.15, -0.1) is 23.2 Å². The second-order valence-electron chi connectivity index (χ2n) is 6.79. The maximum Gasteiger partial charge on any atom is 0.405 e. The lowest BCUT2D eigenvalue weighted by Crippen LogP contribution is -2.33. The normalized spacial score (nSPS) is 19.6. The number of carbonyl (C=O) groups excluding carboxylic acids is 2. The molecule has 1 saturated carbocycles. The minimum atomic E-state index is -4.61. The van der Waals surface area contributed by atoms with Crippen molar-refractivity contribution in [3.63, 3.8) is 0 Å². The molecular formula is C19H12Cl3F5N2O2. The summed E-state index contributed by atoms with van der Waals surface area (Å²) in [6, 6.07) is 6.64. The monoisotopic (exact) mass is 500 g/mol. The van der Waals surface area contributed by atoms with Crippen LogP contribution in [0.15, 0.2) is 36.4 Å². The number of hydrogen-bond donors (Lipinski definition) is 2. The lowest BCUT2D eigenvalue weighted by atomic mass is 10.1. The number of amides is 2. The van der Waals surface area contributed by atoms with E-state index in [1.807, 2.05) is 0 Å². The molecule has 31 heavy (non-hydrogen) atoms. The fourth-order valence-electron chi connectivity index (χ4n) is 3.05. The molecule has 1 fully saturated rings. The summed E-state index contributed by atoms with van der Waals surface area (Å²) < 4.78 is 62.0. The summed E-state index contributed by atoms with van der Waals surface area (Å²) >= 11 is 18.2. The summed E-state index contributed by atoms with van der Waals surface area (Å²) in [6.45, 7) is -1.56. The van der Waals surface area contributed by atoms with E-state index in [4.69, 9.17) is 34.8 Å². The van der Waals surface area contributed by atoms with Crippen LogP contribution >= 0.6 is 34.8 Å². The average molecular weight is 502 g/mol. The van der Waals surface area contributed by atoms with Gasteiger partial charge in [-0.05, 0) is 35.9 Å². The van der Waals surface area contributed by atoms with Gasteiger partial charge in [-0.25, -0.2) is 8.78 Å². The van der Waals surface area contributed by atoms with Crippen molar-refractivity contribution in [3.8, 4) is 0 Å². The van der Waals surface area contributed by atoms with Crippen molar-refractivity contribution in [2.24, 2.45) is 5.92 Å². The van der Waals surface area contributed by atoms with Crippen LogP contribution in [0.25, 0.3) is 0 Å². The Morgan fingerprint density at radius 3 is 2.32 bits per heavy atom. The third kappa shape index (κ3) is 5.22. The quantitative estimate of drug-likeness (QED) is 0.424. The molecule has 4 nitrogen and oxygen atoms in total. The number of hydrogen-bond acceptors (Lipinski definition) is 2. The first-order valence-electron chi connectivity index (χ1n) is 8.59. The summed E-state index contributed by atoms with van der Waals surface area (Å²) in [4.78, 5) is 24.6. The molecule has 3 rings (SSSR count). The highest BCUT2D eigenvalue weighted by Crippen LogP contribution is 2.65. The Labute approximate surface area is 187 Å². The smallest absolute Gasteiger partial charge is 0.343 e. The third-order valence-corrected chi connectivity index (χ3v) is 5.84. The molecule has 0 aliphatic heterocycles. The second kappa shape index (κ2) is 8.44. The lowest BCUT2D eigenvalue weighted by Gasteiger charge is -2.11. The number of alkyl halides is 5. The predicted molar refractivity (Wildman–Crippen MR) is 105 cm³/mol. The molecule has 0 aromatic heterocycles. The van der Waals surface area contributed by atoms with Gasteiger partial charge in [-0.1, -0.05) is 17.7 Å². The van der Waals surface area contributed by atoms with Gasteiger partial charge in [0.25, 0.3) is 5.91 Å². The highest BCUT2D eigenvalue weighted by Gasteiger charge is 2.67. The first kappa shape index (κ1) is 23.6. The number of anilines is 1. The van der Waals surface area contributed by atoms with E-state index in [2.05, 4.69) is 5.32 Å². The molecule has 2 atom stereocenters. The van der Waals surface area contributed by atoms with Crippen molar-refractivity contribution in [1.82, 2.24) is 5.32 Å². The van der Waals surface area contributed by atoms with Crippen molar-refractivity contribution in [3.05, 3.63) is 64.2 Å². The average Bonchev–Trinajstić information content (AvgIpc) is 3.25. The lowest BCUT2D eigenvalue weighted by molar-refractivity contribution is -0.123. The highest BCUT2D eigenvalue weighted by molar-refractivity contribution is 6.53. The Morgan fingerprint density at radius 2 is 1.71 bits per heavy atom. The summed E-state index contributed by atoms with van der Waals surface area (Å²) in [7, 11) is 0. The van der Waals surface area contributed by atoms with Crippen LogP contribution in [0, 0.1) is 17.6 Å². The maximum atomic E-state index is 13.5. The molecule has 0 saturated heterocycles. The van der Waals surface area contributed by atoms with Crippen molar-refractivity contribution < 1.29 is 31.5 Å². The number of halogens is 8. The molecule has 0 bridgehead atoms. The topological polar surface area (TPSA) is 58.2 Å². The van der Waals surface area contributed by atoms with Crippen LogP contribution in [0.4, 0.5) is 27.6 Å². The van der Waals surface area contributed by atoms with Crippen molar-refractivity contribution >= 4 is 52.3 Å². The molecule has 0 spiro atoms. The molecule has 0 heterocycles. The van der Waals surface area contributed by atoms with Gasteiger partial charge in [0.15, 0.2) is 11.6 Å². The van der Waals surface area contributed by atoms with E-state index < -0.39 is 52.3 Å². The Morgan fingerprint density at radius 1 is 1.03 bits per heavy atom. The minimum Gasteiger partial charge on any atom is -0.343 e. The van der Waals surface area contributed by atoms with Crippen molar-refractivity contribution in [1.29, 1.82) is 0 Å². The van der Waals surface area contributed by atoms with Crippen LogP contribution < -0.4 is 10.6 Å². The van der Waals surface area contributed by atoms with Gasteiger partial charge >= 0.3 is 6.18 Å². The van der Waals surface area contributed by atoms with Crippen molar-refractivity contribution in [2.45, 2.75) is 16.4 Å². The number of carbonyl (C=O) groups is 2. The molecular weight excluding hydrogens is 490 g/mol. The van der Waals surface area contributed by atoms with Crippen LogP contribution in [-0.2, 0) is 4.79 Å². The summed E-state index contributed by atoms with van der Waals surface area (Å²) in [5.41, 5.74) is -0.0290. The van der Waals surface area contributed by atoms with E-state index in [-0.39, 0.29) is 21.8 Å². The largest absolute Gasteiger partial charge is 0.405 e. The van der Waals surface area contributed by atoms with E-state index in [1.54, 1.807) is 5.32 Å². The molecule has 1 unspecified atom stereocenters. The van der Waals surface area contributed by atoms with Gasteiger partial charge in [-0.2, -0.15) is 13.2 Å². The molecule has 2 aromatic rings. The van der Waals surface area contributed by atoms with E-state index in [0.717, 1.165) is 18.2 Å². The van der Waals surface area contributed by atoms with Gasteiger partial charge in [0.2, 0.25) is 5.91 Å². The molecule has 1 aliphatic rings. The molecule has 0 radical (unpaired) electrons. The summed E-state index contributed by atoms with van der Waals surface area (Å²) in [6.07, 6.45) is -4.61. The SMILES string of the molecule is O=C(NCC(F)(F)F)c1cc(NC(=O)[C@@H]2C(c3ccc(F)c(F)c3)C2(Cl)Cl)ccc1Cl. The van der Waals surface area contributed by atoms with E-state index in [1.165, 1.54) is 18.2 Å². The zero-order valence-electron chi connectivity index (χ0n) is 15.2. The number of nitrogens with one attached hydrogen (secondary N) is 2. The van der Waals surface area contributed by atoms with Crippen LogP contribution in [0.5, 0.6) is 0 Å². The first-order valence-corrected chi connectivity index (χ1v) is 9.73. The predicted octanol–water partition coefficient (Wildman–Crippen LogP) is 5.44. The molecule has 166 valence electrons. The molecule has 2 aromatic carbocycles. The zero-order valence-corrected chi connectivity index (χ0v) is 17.4. The van der Waals surface area contributed by atoms with Crippen molar-refractivity contribution in [2.75, 3.05) is 11.9 Å². The fraction of sp³-hybridized carbons (Fsp3) is 0.263. The summed E-state index contributed by atoms with van der Waals surface area (Å²) in [5.74, 6) is -5.83. The Balaban J connectivity index is 1.74. The third-order valence-electron chi connectivity index (χ3n) is 4.57. The Kier molecular flexibility index (Phi) is 6.42. The second-order valence-corrected chi connectivity index (χ2v) is 8.64. The minimum absolute atomic E-state index is 0.0478. The zero-order chi connectivity index (χ0) is 23.1. The maximum absolute atomic E-state index is 13.5. The molecule has 2 amide bonds. The van der Waals surface area contributed by atoms with Gasteiger partial charge < -0.3 is 10.6 Å². The van der Waals surface area contributed by atoms with Crippen LogP contribution in [0.2, 0.25) is 5.02 Å². The molecule has 12 heteroatoms.